The molecular formula is C10H11FN2O. The van der Waals surface area contributed by atoms with Gasteiger partial charge in [-0.15, -0.1) is 0 Å². The van der Waals surface area contributed by atoms with Gasteiger partial charge in [0.05, 0.1) is 19.1 Å². The van der Waals surface area contributed by atoms with Crippen LogP contribution in [0.5, 0.6) is 0 Å². The lowest BCUT2D eigenvalue weighted by atomic mass is 9.99. The van der Waals surface area contributed by atoms with Crippen LogP contribution in [0.4, 0.5) is 4.39 Å². The van der Waals surface area contributed by atoms with Crippen molar-refractivity contribution in [2.75, 3.05) is 0 Å². The molecule has 0 aromatic heterocycles. The van der Waals surface area contributed by atoms with E-state index in [0.717, 1.165) is 0 Å². The van der Waals surface area contributed by atoms with Crippen molar-refractivity contribution in [3.05, 3.63) is 35.1 Å². The summed E-state index contributed by atoms with van der Waals surface area (Å²) < 4.78 is 13.2. The van der Waals surface area contributed by atoms with Gasteiger partial charge in [0.15, 0.2) is 0 Å². The van der Waals surface area contributed by atoms with Crippen molar-refractivity contribution in [2.24, 2.45) is 5.73 Å². The topological polar surface area (TPSA) is 70.0 Å². The van der Waals surface area contributed by atoms with Crippen molar-refractivity contribution in [1.29, 1.82) is 5.26 Å². The first-order chi connectivity index (χ1) is 6.70. The van der Waals surface area contributed by atoms with Crippen LogP contribution < -0.4 is 5.73 Å². The summed E-state index contributed by atoms with van der Waals surface area (Å²) in [5.74, 6) is -0.488. The van der Waals surface area contributed by atoms with Crippen molar-refractivity contribution < 1.29 is 9.50 Å². The van der Waals surface area contributed by atoms with Gasteiger partial charge >= 0.3 is 0 Å². The molecule has 0 amide bonds. The fraction of sp³-hybridized carbons (Fsp3) is 0.300. The SMILES string of the molecule is N#CCC(N)c1cccc(F)c1CO. The summed E-state index contributed by atoms with van der Waals surface area (Å²) in [6.07, 6.45) is 0.108. The molecule has 0 saturated carbocycles. The molecule has 0 bridgehead atoms. The van der Waals surface area contributed by atoms with E-state index in [2.05, 4.69) is 0 Å². The summed E-state index contributed by atoms with van der Waals surface area (Å²) >= 11 is 0. The van der Waals surface area contributed by atoms with Gasteiger partial charge in [0.25, 0.3) is 0 Å². The van der Waals surface area contributed by atoms with Gasteiger partial charge in [0.1, 0.15) is 5.82 Å². The molecule has 3 nitrogen and oxygen atoms in total. The quantitative estimate of drug-likeness (QED) is 0.760. The van der Waals surface area contributed by atoms with Gasteiger partial charge in [-0.1, -0.05) is 12.1 Å². The molecule has 1 atom stereocenters. The number of aliphatic hydroxyl groups is 1. The van der Waals surface area contributed by atoms with Crippen LogP contribution in [0, 0.1) is 17.1 Å². The van der Waals surface area contributed by atoms with E-state index in [1.54, 1.807) is 6.07 Å². The molecule has 0 fully saturated rings. The van der Waals surface area contributed by atoms with Crippen molar-refractivity contribution in [3.8, 4) is 6.07 Å². The van der Waals surface area contributed by atoms with Gasteiger partial charge in [-0.2, -0.15) is 5.26 Å². The summed E-state index contributed by atoms with van der Waals surface area (Å²) in [4.78, 5) is 0. The fourth-order valence-electron chi connectivity index (χ4n) is 1.30. The van der Waals surface area contributed by atoms with Crippen LogP contribution in [-0.2, 0) is 6.61 Å². The summed E-state index contributed by atoms with van der Waals surface area (Å²) in [6, 6.07) is 5.76. The standard InChI is InChI=1S/C10H11FN2O/c11-9-3-1-2-7(8(9)6-14)10(13)4-5-12/h1-3,10,14H,4,6,13H2. The second-order valence-corrected chi connectivity index (χ2v) is 2.93. The first-order valence-electron chi connectivity index (χ1n) is 4.21. The second kappa shape index (κ2) is 4.70. The van der Waals surface area contributed by atoms with Gasteiger partial charge in [0.2, 0.25) is 0 Å². The molecule has 3 N–H and O–H groups in total. The van der Waals surface area contributed by atoms with Crippen LogP contribution in [0.2, 0.25) is 0 Å². The molecule has 0 aliphatic rings. The van der Waals surface area contributed by atoms with Crippen LogP contribution in [0.15, 0.2) is 18.2 Å². The van der Waals surface area contributed by atoms with E-state index in [1.165, 1.54) is 12.1 Å². The third-order valence-corrected chi connectivity index (χ3v) is 2.02. The predicted octanol–water partition coefficient (Wildman–Crippen LogP) is 1.23. The first kappa shape index (κ1) is 10.6. The highest BCUT2D eigenvalue weighted by molar-refractivity contribution is 5.31. The maximum absolute atomic E-state index is 13.2. The summed E-state index contributed by atoms with van der Waals surface area (Å²) in [6.45, 7) is -0.402. The van der Waals surface area contributed by atoms with Gasteiger partial charge in [0, 0.05) is 11.6 Å². The van der Waals surface area contributed by atoms with Crippen molar-refractivity contribution in [1.82, 2.24) is 0 Å². The molecule has 1 unspecified atom stereocenters. The number of nitrogens with two attached hydrogens (primary N) is 1. The monoisotopic (exact) mass is 194 g/mol. The first-order valence-corrected chi connectivity index (χ1v) is 4.21. The molecule has 74 valence electrons. The molecule has 4 heteroatoms. The molecule has 0 spiro atoms. The van der Waals surface area contributed by atoms with Crippen LogP contribution in [-0.4, -0.2) is 5.11 Å². The fourth-order valence-corrected chi connectivity index (χ4v) is 1.30. The van der Waals surface area contributed by atoms with Crippen LogP contribution in [0.1, 0.15) is 23.6 Å². The Morgan fingerprint density at radius 3 is 2.86 bits per heavy atom. The average Bonchev–Trinajstić information content (AvgIpc) is 2.17. The Labute approximate surface area is 81.6 Å². The minimum absolute atomic E-state index is 0.108. The van der Waals surface area contributed by atoms with E-state index in [9.17, 15) is 4.39 Å². The van der Waals surface area contributed by atoms with E-state index >= 15 is 0 Å². The number of benzene rings is 1. The number of hydrogen-bond donors (Lipinski definition) is 2. The summed E-state index contributed by atoms with van der Waals surface area (Å²) in [5, 5.41) is 17.4. The van der Waals surface area contributed by atoms with E-state index in [1.807, 2.05) is 6.07 Å². The van der Waals surface area contributed by atoms with Crippen molar-refractivity contribution in [3.63, 3.8) is 0 Å². The number of nitrogens with zero attached hydrogens (tertiary/aromatic N) is 1. The second-order valence-electron chi connectivity index (χ2n) is 2.93. The van der Waals surface area contributed by atoms with Gasteiger partial charge in [-0.25, -0.2) is 4.39 Å². The Morgan fingerprint density at radius 2 is 2.29 bits per heavy atom. The van der Waals surface area contributed by atoms with Gasteiger partial charge in [-0.3, -0.25) is 0 Å². The zero-order valence-electron chi connectivity index (χ0n) is 7.57. The van der Waals surface area contributed by atoms with Crippen molar-refractivity contribution >= 4 is 0 Å². The summed E-state index contributed by atoms with van der Waals surface area (Å²) in [7, 11) is 0. The smallest absolute Gasteiger partial charge is 0.129 e. The van der Waals surface area contributed by atoms with Gasteiger partial charge < -0.3 is 10.8 Å². The van der Waals surface area contributed by atoms with Crippen LogP contribution >= 0.6 is 0 Å². The van der Waals surface area contributed by atoms with E-state index < -0.39 is 18.5 Å². The average molecular weight is 194 g/mol. The molecule has 0 heterocycles. The lowest BCUT2D eigenvalue weighted by molar-refractivity contribution is 0.273. The molecule has 0 saturated heterocycles. The maximum atomic E-state index is 13.2. The highest BCUT2D eigenvalue weighted by Gasteiger charge is 2.13. The third kappa shape index (κ3) is 2.08. The normalized spacial score (nSPS) is 12.1. The third-order valence-electron chi connectivity index (χ3n) is 2.02. The highest BCUT2D eigenvalue weighted by Crippen LogP contribution is 2.21. The van der Waals surface area contributed by atoms with Gasteiger partial charge in [-0.05, 0) is 11.6 Å². The van der Waals surface area contributed by atoms with Crippen LogP contribution in [0.25, 0.3) is 0 Å². The molecule has 0 aliphatic heterocycles. The van der Waals surface area contributed by atoms with Crippen molar-refractivity contribution in [2.45, 2.75) is 19.1 Å². The Bertz CT molecular complexity index is 360. The number of halogens is 1. The lowest BCUT2D eigenvalue weighted by Crippen LogP contribution is -2.13. The molecule has 1 rings (SSSR count). The van der Waals surface area contributed by atoms with E-state index in [0.29, 0.717) is 5.56 Å². The summed E-state index contributed by atoms with van der Waals surface area (Å²) in [5.41, 5.74) is 6.32. The zero-order valence-corrected chi connectivity index (χ0v) is 7.57. The molecular weight excluding hydrogens is 183 g/mol. The number of nitriles is 1. The van der Waals surface area contributed by atoms with Crippen LogP contribution in [0.3, 0.4) is 0 Å². The largest absolute Gasteiger partial charge is 0.392 e. The minimum Gasteiger partial charge on any atom is -0.392 e. The number of hydrogen-bond acceptors (Lipinski definition) is 3. The Kier molecular flexibility index (Phi) is 3.57. The lowest BCUT2D eigenvalue weighted by Gasteiger charge is -2.12. The van der Waals surface area contributed by atoms with E-state index in [4.69, 9.17) is 16.1 Å². The molecule has 14 heavy (non-hydrogen) atoms. The Morgan fingerprint density at radius 1 is 1.57 bits per heavy atom. The number of aliphatic hydroxyl groups excluding tert-OH is 1. The minimum atomic E-state index is -0.544. The molecule has 1 aromatic carbocycles. The molecule has 0 radical (unpaired) electrons. The molecule has 1 aromatic rings. The molecule has 0 aliphatic carbocycles. The van der Waals surface area contributed by atoms with E-state index in [-0.39, 0.29) is 12.0 Å². The number of rotatable bonds is 3. The zero-order chi connectivity index (χ0) is 10.6. The highest BCUT2D eigenvalue weighted by atomic mass is 19.1. The maximum Gasteiger partial charge on any atom is 0.129 e. The predicted molar refractivity (Wildman–Crippen MR) is 49.5 cm³/mol. The Hall–Kier alpha value is -1.44. The Balaban J connectivity index is 3.08.